The third kappa shape index (κ3) is 4.62. The van der Waals surface area contributed by atoms with E-state index in [1.165, 1.54) is 17.5 Å². The number of amides is 1. The van der Waals surface area contributed by atoms with Gasteiger partial charge >= 0.3 is 0 Å². The molecule has 1 saturated heterocycles. The maximum absolute atomic E-state index is 11.8. The second-order valence-corrected chi connectivity index (χ2v) is 7.72. The Kier molecular flexibility index (Phi) is 6.29. The van der Waals surface area contributed by atoms with Gasteiger partial charge in [0, 0.05) is 24.5 Å². The second kappa shape index (κ2) is 9.26. The standard InChI is InChI=1S/C19H19ClN6O3S/c20-15-11-21-19(24-16(15)23-18-14(4-9-30-18)17(27)25-28)22-12-2-1-3-13(10-12)26-5-7-29-8-6-26/h1-4,9-11,28H,5-8H2,(H,25,27)(H2,21,22,23,24). The van der Waals surface area contributed by atoms with Gasteiger partial charge in [-0.2, -0.15) is 4.98 Å². The molecule has 11 heteroatoms. The van der Waals surface area contributed by atoms with Gasteiger partial charge in [0.1, 0.15) is 10.0 Å². The molecule has 4 rings (SSSR count). The molecule has 2 aromatic heterocycles. The monoisotopic (exact) mass is 446 g/mol. The second-order valence-electron chi connectivity index (χ2n) is 6.39. The number of nitrogens with one attached hydrogen (secondary N) is 3. The highest BCUT2D eigenvalue weighted by atomic mass is 35.5. The zero-order chi connectivity index (χ0) is 20.9. The molecule has 4 N–H and O–H groups in total. The van der Waals surface area contributed by atoms with Crippen molar-refractivity contribution in [3.8, 4) is 0 Å². The summed E-state index contributed by atoms with van der Waals surface area (Å²) in [6.45, 7) is 3.12. The molecule has 0 atom stereocenters. The minimum atomic E-state index is -0.623. The summed E-state index contributed by atoms with van der Waals surface area (Å²) in [4.78, 5) is 22.7. The lowest BCUT2D eigenvalue weighted by Crippen LogP contribution is -2.36. The van der Waals surface area contributed by atoms with Crippen LogP contribution in [0.4, 0.5) is 28.1 Å². The number of anilines is 5. The summed E-state index contributed by atoms with van der Waals surface area (Å²) in [5, 5.41) is 17.6. The average molecular weight is 447 g/mol. The fraction of sp³-hybridized carbons (Fsp3) is 0.211. The van der Waals surface area contributed by atoms with Gasteiger partial charge in [-0.05, 0) is 29.6 Å². The first kappa shape index (κ1) is 20.4. The van der Waals surface area contributed by atoms with E-state index in [4.69, 9.17) is 21.5 Å². The van der Waals surface area contributed by atoms with E-state index in [9.17, 15) is 4.79 Å². The summed E-state index contributed by atoms with van der Waals surface area (Å²) in [6, 6.07) is 9.56. The van der Waals surface area contributed by atoms with Crippen molar-refractivity contribution in [3.63, 3.8) is 0 Å². The van der Waals surface area contributed by atoms with Crippen LogP contribution in [0, 0.1) is 0 Å². The normalized spacial score (nSPS) is 13.7. The first-order chi connectivity index (χ1) is 14.6. The van der Waals surface area contributed by atoms with Crippen LogP contribution in [0.15, 0.2) is 41.9 Å². The number of rotatable bonds is 6. The number of ether oxygens (including phenoxy) is 1. The highest BCUT2D eigenvalue weighted by molar-refractivity contribution is 7.14. The first-order valence-electron chi connectivity index (χ1n) is 9.15. The number of nitrogens with zero attached hydrogens (tertiary/aromatic N) is 3. The number of hydroxylamine groups is 1. The van der Waals surface area contributed by atoms with E-state index in [0.717, 1.165) is 24.5 Å². The Morgan fingerprint density at radius 1 is 1.23 bits per heavy atom. The van der Waals surface area contributed by atoms with E-state index in [1.807, 2.05) is 18.2 Å². The summed E-state index contributed by atoms with van der Waals surface area (Å²) < 4.78 is 5.41. The number of carbonyl (C=O) groups is 1. The Hall–Kier alpha value is -2.92. The number of hydrogen-bond acceptors (Lipinski definition) is 9. The number of hydrogen-bond donors (Lipinski definition) is 4. The topological polar surface area (TPSA) is 112 Å². The Morgan fingerprint density at radius 2 is 2.07 bits per heavy atom. The predicted octanol–water partition coefficient (Wildman–Crippen LogP) is 3.63. The molecule has 0 bridgehead atoms. The predicted molar refractivity (Wildman–Crippen MR) is 117 cm³/mol. The smallest absolute Gasteiger partial charge is 0.277 e. The van der Waals surface area contributed by atoms with Crippen LogP contribution >= 0.6 is 22.9 Å². The third-order valence-electron chi connectivity index (χ3n) is 4.47. The van der Waals surface area contributed by atoms with E-state index in [-0.39, 0.29) is 5.56 Å². The minimum Gasteiger partial charge on any atom is -0.378 e. The molecular weight excluding hydrogens is 428 g/mol. The molecule has 1 aliphatic heterocycles. The Morgan fingerprint density at radius 3 is 2.87 bits per heavy atom. The molecule has 1 amide bonds. The van der Waals surface area contributed by atoms with Crippen molar-refractivity contribution < 1.29 is 14.7 Å². The van der Waals surface area contributed by atoms with Crippen molar-refractivity contribution in [1.82, 2.24) is 15.4 Å². The molecule has 0 unspecified atom stereocenters. The summed E-state index contributed by atoms with van der Waals surface area (Å²) in [5.74, 6) is 0.0703. The van der Waals surface area contributed by atoms with Gasteiger partial charge < -0.3 is 20.3 Å². The van der Waals surface area contributed by atoms with Crippen molar-refractivity contribution in [2.45, 2.75) is 0 Å². The zero-order valence-electron chi connectivity index (χ0n) is 15.8. The van der Waals surface area contributed by atoms with Gasteiger partial charge in [-0.25, -0.2) is 10.5 Å². The molecule has 3 heterocycles. The lowest BCUT2D eigenvalue weighted by atomic mass is 10.2. The van der Waals surface area contributed by atoms with Crippen molar-refractivity contribution in [2.24, 2.45) is 0 Å². The summed E-state index contributed by atoms with van der Waals surface area (Å²) >= 11 is 7.52. The number of carbonyl (C=O) groups excluding carboxylic acids is 1. The van der Waals surface area contributed by atoms with Crippen LogP contribution in [0.3, 0.4) is 0 Å². The largest absolute Gasteiger partial charge is 0.378 e. The number of halogens is 1. The number of aromatic nitrogens is 2. The van der Waals surface area contributed by atoms with Gasteiger partial charge in [0.05, 0.1) is 25.0 Å². The minimum absolute atomic E-state index is 0.282. The summed E-state index contributed by atoms with van der Waals surface area (Å²) in [7, 11) is 0. The number of morpholine rings is 1. The molecule has 1 aromatic carbocycles. The lowest BCUT2D eigenvalue weighted by Gasteiger charge is -2.29. The van der Waals surface area contributed by atoms with Gasteiger partial charge in [-0.1, -0.05) is 17.7 Å². The fourth-order valence-electron chi connectivity index (χ4n) is 3.00. The SMILES string of the molecule is O=C(NO)c1ccsc1Nc1nc(Nc2cccc(N3CCOCC3)c2)ncc1Cl. The molecule has 1 aliphatic rings. The molecule has 1 fully saturated rings. The maximum Gasteiger partial charge on any atom is 0.277 e. The Labute approximate surface area is 181 Å². The molecule has 0 aliphatic carbocycles. The van der Waals surface area contributed by atoms with Crippen molar-refractivity contribution >= 4 is 57.0 Å². The quantitative estimate of drug-likeness (QED) is 0.335. The van der Waals surface area contributed by atoms with Crippen LogP contribution in [0.1, 0.15) is 10.4 Å². The van der Waals surface area contributed by atoms with Gasteiger partial charge in [0.15, 0.2) is 5.82 Å². The van der Waals surface area contributed by atoms with Crippen LogP contribution in [-0.4, -0.2) is 47.4 Å². The van der Waals surface area contributed by atoms with Crippen LogP contribution in [0.5, 0.6) is 0 Å². The van der Waals surface area contributed by atoms with Gasteiger partial charge in [0.2, 0.25) is 5.95 Å². The first-order valence-corrected chi connectivity index (χ1v) is 10.4. The van der Waals surface area contributed by atoms with Crippen LogP contribution < -0.4 is 21.0 Å². The fourth-order valence-corrected chi connectivity index (χ4v) is 3.92. The van der Waals surface area contributed by atoms with E-state index in [0.29, 0.717) is 35.0 Å². The molecule has 156 valence electrons. The number of benzene rings is 1. The lowest BCUT2D eigenvalue weighted by molar-refractivity contribution is 0.0707. The Balaban J connectivity index is 1.53. The van der Waals surface area contributed by atoms with Gasteiger partial charge in [-0.3, -0.25) is 10.0 Å². The van der Waals surface area contributed by atoms with E-state index in [1.54, 1.807) is 16.9 Å². The highest BCUT2D eigenvalue weighted by Gasteiger charge is 2.15. The van der Waals surface area contributed by atoms with Gasteiger partial charge in [0.25, 0.3) is 5.91 Å². The molecule has 0 saturated carbocycles. The van der Waals surface area contributed by atoms with Crippen molar-refractivity contribution in [3.05, 3.63) is 52.5 Å². The van der Waals surface area contributed by atoms with E-state index < -0.39 is 5.91 Å². The molecule has 9 nitrogen and oxygen atoms in total. The average Bonchev–Trinajstić information content (AvgIpc) is 3.24. The van der Waals surface area contributed by atoms with E-state index in [2.05, 4.69) is 31.6 Å². The molecular formula is C19H19ClN6O3S. The summed E-state index contributed by atoms with van der Waals surface area (Å²) in [6.07, 6.45) is 1.48. The van der Waals surface area contributed by atoms with Crippen LogP contribution in [-0.2, 0) is 4.74 Å². The van der Waals surface area contributed by atoms with E-state index >= 15 is 0 Å². The summed E-state index contributed by atoms with van der Waals surface area (Å²) in [5.41, 5.74) is 3.83. The maximum atomic E-state index is 11.8. The van der Waals surface area contributed by atoms with Crippen molar-refractivity contribution in [2.75, 3.05) is 41.8 Å². The van der Waals surface area contributed by atoms with Crippen LogP contribution in [0.2, 0.25) is 5.02 Å². The molecule has 0 spiro atoms. The molecule has 3 aromatic rings. The highest BCUT2D eigenvalue weighted by Crippen LogP contribution is 2.30. The molecule has 30 heavy (non-hydrogen) atoms. The zero-order valence-corrected chi connectivity index (χ0v) is 17.3. The van der Waals surface area contributed by atoms with Gasteiger partial charge in [-0.15, -0.1) is 11.3 Å². The Bertz CT molecular complexity index is 1040. The number of thiophene rings is 1. The van der Waals surface area contributed by atoms with Crippen molar-refractivity contribution in [1.29, 1.82) is 0 Å². The third-order valence-corrected chi connectivity index (χ3v) is 5.57. The molecule has 0 radical (unpaired) electrons. The van der Waals surface area contributed by atoms with Crippen LogP contribution in [0.25, 0.3) is 0 Å².